The first kappa shape index (κ1) is 10.9. The third-order valence-electron chi connectivity index (χ3n) is 1.64. The van der Waals surface area contributed by atoms with E-state index in [2.05, 4.69) is 0 Å². The van der Waals surface area contributed by atoms with E-state index in [1.54, 1.807) is 6.92 Å². The molecule has 0 amide bonds. The summed E-state index contributed by atoms with van der Waals surface area (Å²) >= 11 is 7.40. The Morgan fingerprint density at radius 2 is 2.23 bits per heavy atom. The van der Waals surface area contributed by atoms with Crippen LogP contribution >= 0.6 is 34.2 Å². The zero-order chi connectivity index (χ0) is 10.0. The largest absolute Gasteiger partial charge is 0.293 e. The number of benzene rings is 1. The van der Waals surface area contributed by atoms with Crippen molar-refractivity contribution in [1.82, 2.24) is 0 Å². The summed E-state index contributed by atoms with van der Waals surface area (Å²) in [4.78, 5) is 11.2. The summed E-state index contributed by atoms with van der Waals surface area (Å²) in [5.74, 6) is -0.751. The molecule has 0 saturated carbocycles. The Morgan fingerprint density at radius 1 is 1.62 bits per heavy atom. The number of aryl methyl sites for hydroxylation is 1. The van der Waals surface area contributed by atoms with Gasteiger partial charge in [-0.3, -0.25) is 4.79 Å². The summed E-state index contributed by atoms with van der Waals surface area (Å²) in [6.07, 6.45) is 0. The van der Waals surface area contributed by atoms with E-state index >= 15 is 0 Å². The molecule has 0 aliphatic rings. The molecule has 1 nitrogen and oxygen atoms in total. The first-order chi connectivity index (χ1) is 6.06. The van der Waals surface area contributed by atoms with Crippen LogP contribution in [0.25, 0.3) is 0 Å². The van der Waals surface area contributed by atoms with Crippen molar-refractivity contribution in [1.29, 1.82) is 0 Å². The van der Waals surface area contributed by atoms with Crippen LogP contribution in [0.15, 0.2) is 12.1 Å². The molecular formula is C9H7ClFIO. The van der Waals surface area contributed by atoms with Crippen LogP contribution in [0.4, 0.5) is 4.39 Å². The van der Waals surface area contributed by atoms with Gasteiger partial charge in [-0.05, 0) is 47.2 Å². The van der Waals surface area contributed by atoms with E-state index in [0.29, 0.717) is 5.56 Å². The molecule has 4 heteroatoms. The molecule has 1 aromatic rings. The first-order valence-corrected chi connectivity index (χ1v) is 5.22. The van der Waals surface area contributed by atoms with Crippen molar-refractivity contribution >= 4 is 40.0 Å². The second kappa shape index (κ2) is 4.37. The fourth-order valence-corrected chi connectivity index (χ4v) is 1.76. The van der Waals surface area contributed by atoms with Crippen LogP contribution in [0, 0.1) is 16.3 Å². The maximum Gasteiger partial charge on any atom is 0.178 e. The molecule has 1 aromatic carbocycles. The number of carbonyl (C=O) groups excluding carboxylic acids is 1. The lowest BCUT2D eigenvalue weighted by molar-refractivity contribution is 0.101. The summed E-state index contributed by atoms with van der Waals surface area (Å²) in [6, 6.07) is 2.62. The molecule has 0 aromatic heterocycles. The summed E-state index contributed by atoms with van der Waals surface area (Å²) in [7, 11) is 0. The van der Waals surface area contributed by atoms with E-state index in [-0.39, 0.29) is 11.7 Å². The number of rotatable bonds is 2. The van der Waals surface area contributed by atoms with E-state index in [1.807, 2.05) is 22.6 Å². The molecule has 0 bridgehead atoms. The molecule has 0 radical (unpaired) electrons. The van der Waals surface area contributed by atoms with Crippen molar-refractivity contribution in [2.45, 2.75) is 6.92 Å². The Labute approximate surface area is 94.4 Å². The lowest BCUT2D eigenvalue weighted by atomic mass is 10.1. The summed E-state index contributed by atoms with van der Waals surface area (Å²) in [5, 5.41) is 0. The summed E-state index contributed by atoms with van der Waals surface area (Å²) in [5.41, 5.74) is 1.13. The second-order valence-corrected chi connectivity index (χ2v) is 3.99. The SMILES string of the molecule is Cc1cc(F)cc(C(=O)CCl)c1I. The Balaban J connectivity index is 3.28. The van der Waals surface area contributed by atoms with Gasteiger partial charge >= 0.3 is 0 Å². The molecule has 70 valence electrons. The molecule has 0 saturated heterocycles. The van der Waals surface area contributed by atoms with Crippen molar-refractivity contribution in [2.24, 2.45) is 0 Å². The third-order valence-corrected chi connectivity index (χ3v) is 3.32. The van der Waals surface area contributed by atoms with Crippen LogP contribution in [0.3, 0.4) is 0 Å². The van der Waals surface area contributed by atoms with Gasteiger partial charge in [0.25, 0.3) is 0 Å². The van der Waals surface area contributed by atoms with Gasteiger partial charge < -0.3 is 0 Å². The van der Waals surface area contributed by atoms with Gasteiger partial charge in [0.1, 0.15) is 5.82 Å². The molecule has 0 atom stereocenters. The number of Topliss-reactive ketones (excluding diaryl/α,β-unsaturated/α-hetero) is 1. The van der Waals surface area contributed by atoms with Crippen molar-refractivity contribution in [3.05, 3.63) is 32.6 Å². The zero-order valence-corrected chi connectivity index (χ0v) is 9.82. The highest BCUT2D eigenvalue weighted by molar-refractivity contribution is 14.1. The average molecular weight is 313 g/mol. The number of alkyl halides is 1. The van der Waals surface area contributed by atoms with Gasteiger partial charge in [-0.25, -0.2) is 4.39 Å². The summed E-state index contributed by atoms with van der Waals surface area (Å²) < 4.78 is 13.7. The quantitative estimate of drug-likeness (QED) is 0.466. The van der Waals surface area contributed by atoms with Crippen molar-refractivity contribution < 1.29 is 9.18 Å². The zero-order valence-electron chi connectivity index (χ0n) is 6.90. The normalized spacial score (nSPS) is 10.2. The molecule has 13 heavy (non-hydrogen) atoms. The van der Waals surface area contributed by atoms with Gasteiger partial charge in [0.05, 0.1) is 5.88 Å². The molecule has 0 unspecified atom stereocenters. The molecule has 1 rings (SSSR count). The van der Waals surface area contributed by atoms with Gasteiger partial charge in [-0.15, -0.1) is 11.6 Å². The monoisotopic (exact) mass is 312 g/mol. The number of hydrogen-bond acceptors (Lipinski definition) is 1. The van der Waals surface area contributed by atoms with Crippen LogP contribution in [0.1, 0.15) is 15.9 Å². The molecule has 0 N–H and O–H groups in total. The highest BCUT2D eigenvalue weighted by Gasteiger charge is 2.12. The van der Waals surface area contributed by atoms with Crippen molar-refractivity contribution in [2.75, 3.05) is 5.88 Å². The predicted molar refractivity (Wildman–Crippen MR) is 58.9 cm³/mol. The third kappa shape index (κ3) is 2.40. The number of hydrogen-bond donors (Lipinski definition) is 0. The molecule has 0 aliphatic carbocycles. The minimum Gasteiger partial charge on any atom is -0.293 e. The van der Waals surface area contributed by atoms with E-state index in [9.17, 15) is 9.18 Å². The summed E-state index contributed by atoms with van der Waals surface area (Å²) in [6.45, 7) is 1.76. The highest BCUT2D eigenvalue weighted by atomic mass is 127. The Kier molecular flexibility index (Phi) is 3.67. The lowest BCUT2D eigenvalue weighted by Crippen LogP contribution is -2.05. The van der Waals surface area contributed by atoms with Crippen LogP contribution in [0.2, 0.25) is 0 Å². The Hall–Kier alpha value is -0.160. The Morgan fingerprint density at radius 3 is 2.77 bits per heavy atom. The van der Waals surface area contributed by atoms with Crippen LogP contribution in [-0.2, 0) is 0 Å². The number of halogens is 3. The van der Waals surface area contributed by atoms with Crippen molar-refractivity contribution in [3.8, 4) is 0 Å². The maximum absolute atomic E-state index is 12.9. The van der Waals surface area contributed by atoms with E-state index in [4.69, 9.17) is 11.6 Å². The minimum absolute atomic E-state index is 0.112. The smallest absolute Gasteiger partial charge is 0.178 e. The molecular weight excluding hydrogens is 305 g/mol. The van der Waals surface area contributed by atoms with Gasteiger partial charge in [0.15, 0.2) is 5.78 Å². The van der Waals surface area contributed by atoms with Gasteiger partial charge in [-0.2, -0.15) is 0 Å². The number of ketones is 1. The van der Waals surface area contributed by atoms with E-state index < -0.39 is 5.82 Å². The molecule has 0 heterocycles. The first-order valence-electron chi connectivity index (χ1n) is 3.61. The van der Waals surface area contributed by atoms with E-state index in [1.165, 1.54) is 12.1 Å². The lowest BCUT2D eigenvalue weighted by Gasteiger charge is -2.04. The fourth-order valence-electron chi connectivity index (χ4n) is 1.00. The topological polar surface area (TPSA) is 17.1 Å². The maximum atomic E-state index is 12.9. The van der Waals surface area contributed by atoms with E-state index in [0.717, 1.165) is 9.13 Å². The minimum atomic E-state index is -0.397. The second-order valence-electron chi connectivity index (χ2n) is 2.64. The van der Waals surface area contributed by atoms with Gasteiger partial charge in [-0.1, -0.05) is 0 Å². The number of carbonyl (C=O) groups is 1. The van der Waals surface area contributed by atoms with Crippen LogP contribution in [0.5, 0.6) is 0 Å². The fraction of sp³-hybridized carbons (Fsp3) is 0.222. The van der Waals surface area contributed by atoms with Gasteiger partial charge in [0.2, 0.25) is 0 Å². The predicted octanol–water partition coefficient (Wildman–Crippen LogP) is 3.16. The molecule has 0 fully saturated rings. The molecule has 0 spiro atoms. The van der Waals surface area contributed by atoms with Crippen LogP contribution < -0.4 is 0 Å². The standard InChI is InChI=1S/C9H7ClFIO/c1-5-2-6(11)3-7(9(5)12)8(13)4-10/h2-3H,4H2,1H3. The average Bonchev–Trinajstić information content (AvgIpc) is 2.10. The molecule has 0 aliphatic heterocycles. The van der Waals surface area contributed by atoms with Crippen LogP contribution in [-0.4, -0.2) is 11.7 Å². The van der Waals surface area contributed by atoms with Gasteiger partial charge in [0, 0.05) is 9.13 Å². The highest BCUT2D eigenvalue weighted by Crippen LogP contribution is 2.19. The van der Waals surface area contributed by atoms with Crippen molar-refractivity contribution in [3.63, 3.8) is 0 Å². The Bertz CT molecular complexity index is 352.